The molecule has 1 saturated heterocycles. The number of carbonyl (C=O) groups excluding carboxylic acids is 1. The fourth-order valence-electron chi connectivity index (χ4n) is 5.67. The SMILES string of the molecule is Cc1cc(Nc2ccc(-c3cnc([C@H]4CC[C@H](NC(=O)OC(C)C)CC4)s3)c(SC3CC3)c2)nn1C1CCCCO1. The Bertz CT molecular complexity index is 1340. The van der Waals surface area contributed by atoms with Crippen LogP contribution in [0.3, 0.4) is 0 Å². The molecule has 6 rings (SSSR count). The maximum Gasteiger partial charge on any atom is 0.407 e. The zero-order valence-corrected chi connectivity index (χ0v) is 25.9. The predicted molar refractivity (Wildman–Crippen MR) is 165 cm³/mol. The summed E-state index contributed by atoms with van der Waals surface area (Å²) in [4.78, 5) is 19.4. The van der Waals surface area contributed by atoms with Crippen LogP contribution in [0.25, 0.3) is 10.4 Å². The van der Waals surface area contributed by atoms with Gasteiger partial charge in [-0.25, -0.2) is 14.5 Å². The third kappa shape index (κ3) is 7.27. The molecule has 220 valence electrons. The third-order valence-electron chi connectivity index (χ3n) is 7.95. The number of alkyl carbamates (subject to hydrolysis) is 1. The summed E-state index contributed by atoms with van der Waals surface area (Å²) in [6.07, 6.45) is 11.6. The van der Waals surface area contributed by atoms with E-state index in [1.54, 1.807) is 0 Å². The van der Waals surface area contributed by atoms with Crippen LogP contribution in [-0.4, -0.2) is 44.9 Å². The van der Waals surface area contributed by atoms with Gasteiger partial charge in [0, 0.05) is 57.9 Å². The maximum atomic E-state index is 12.0. The molecule has 1 aliphatic heterocycles. The molecule has 2 N–H and O–H groups in total. The van der Waals surface area contributed by atoms with E-state index in [-0.39, 0.29) is 24.5 Å². The summed E-state index contributed by atoms with van der Waals surface area (Å²) in [6.45, 7) is 6.65. The molecule has 1 aromatic carbocycles. The second-order valence-electron chi connectivity index (χ2n) is 11.8. The molecule has 3 aliphatic rings. The van der Waals surface area contributed by atoms with Gasteiger partial charge in [-0.2, -0.15) is 5.10 Å². The Morgan fingerprint density at radius 2 is 1.95 bits per heavy atom. The van der Waals surface area contributed by atoms with E-state index in [2.05, 4.69) is 48.0 Å². The topological polar surface area (TPSA) is 90.3 Å². The Morgan fingerprint density at radius 1 is 1.12 bits per heavy atom. The van der Waals surface area contributed by atoms with Crippen molar-refractivity contribution >= 4 is 40.7 Å². The summed E-state index contributed by atoms with van der Waals surface area (Å²) in [7, 11) is 0. The summed E-state index contributed by atoms with van der Waals surface area (Å²) in [5, 5.41) is 13.3. The van der Waals surface area contributed by atoms with Gasteiger partial charge in [-0.3, -0.25) is 0 Å². The van der Waals surface area contributed by atoms with Crippen LogP contribution in [0.1, 0.15) is 94.5 Å². The lowest BCUT2D eigenvalue weighted by Crippen LogP contribution is -2.38. The van der Waals surface area contributed by atoms with Crippen molar-refractivity contribution in [3.8, 4) is 10.4 Å². The first-order valence-corrected chi connectivity index (χ1v) is 16.8. The van der Waals surface area contributed by atoms with Crippen molar-refractivity contribution in [3.63, 3.8) is 0 Å². The van der Waals surface area contributed by atoms with Crippen LogP contribution in [0.4, 0.5) is 16.3 Å². The first-order valence-electron chi connectivity index (χ1n) is 15.1. The van der Waals surface area contributed by atoms with Crippen molar-refractivity contribution in [1.82, 2.24) is 20.1 Å². The average molecular weight is 596 g/mol. The number of ether oxygens (including phenoxy) is 2. The summed E-state index contributed by atoms with van der Waals surface area (Å²) in [5.74, 6) is 1.30. The molecule has 0 spiro atoms. The molecule has 2 saturated carbocycles. The summed E-state index contributed by atoms with van der Waals surface area (Å²) >= 11 is 3.81. The minimum Gasteiger partial charge on any atom is -0.447 e. The van der Waals surface area contributed by atoms with E-state index in [4.69, 9.17) is 19.6 Å². The van der Waals surface area contributed by atoms with Gasteiger partial charge < -0.3 is 20.1 Å². The second-order valence-corrected chi connectivity index (χ2v) is 14.2. The van der Waals surface area contributed by atoms with Gasteiger partial charge >= 0.3 is 6.09 Å². The minimum atomic E-state index is -0.305. The van der Waals surface area contributed by atoms with E-state index < -0.39 is 0 Å². The Hall–Kier alpha value is -2.56. The number of hydrogen-bond acceptors (Lipinski definition) is 8. The van der Waals surface area contributed by atoms with Crippen LogP contribution < -0.4 is 10.6 Å². The first kappa shape index (κ1) is 28.6. The molecule has 3 heterocycles. The quantitative estimate of drug-likeness (QED) is 0.258. The van der Waals surface area contributed by atoms with Crippen molar-refractivity contribution in [2.24, 2.45) is 0 Å². The fraction of sp³-hybridized carbons (Fsp3) is 0.581. The number of rotatable bonds is 9. The van der Waals surface area contributed by atoms with Gasteiger partial charge in [0.15, 0.2) is 12.0 Å². The lowest BCUT2D eigenvalue weighted by atomic mass is 9.86. The molecule has 1 amide bonds. The molecule has 2 aliphatic carbocycles. The highest BCUT2D eigenvalue weighted by molar-refractivity contribution is 8.00. The molecular weight excluding hydrogens is 555 g/mol. The number of thioether (sulfide) groups is 1. The Morgan fingerprint density at radius 3 is 2.68 bits per heavy atom. The molecule has 41 heavy (non-hydrogen) atoms. The van der Waals surface area contributed by atoms with Crippen LogP contribution in [-0.2, 0) is 9.47 Å². The van der Waals surface area contributed by atoms with Crippen molar-refractivity contribution in [2.45, 2.75) is 113 Å². The minimum absolute atomic E-state index is 0.0379. The van der Waals surface area contributed by atoms with E-state index in [1.165, 1.54) is 39.6 Å². The summed E-state index contributed by atoms with van der Waals surface area (Å²) in [6, 6.07) is 8.95. The van der Waals surface area contributed by atoms with E-state index in [1.807, 2.05) is 41.6 Å². The number of anilines is 2. The van der Waals surface area contributed by atoms with Crippen molar-refractivity contribution in [3.05, 3.63) is 41.2 Å². The number of aromatic nitrogens is 3. The van der Waals surface area contributed by atoms with E-state index in [0.29, 0.717) is 11.2 Å². The molecule has 0 radical (unpaired) electrons. The smallest absolute Gasteiger partial charge is 0.407 e. The molecule has 8 nitrogen and oxygen atoms in total. The van der Waals surface area contributed by atoms with Gasteiger partial charge in [0.05, 0.1) is 16.0 Å². The summed E-state index contributed by atoms with van der Waals surface area (Å²) < 4.78 is 13.2. The second kappa shape index (κ2) is 12.8. The lowest BCUT2D eigenvalue weighted by molar-refractivity contribution is -0.0404. The number of nitrogens with zero attached hydrogens (tertiary/aromatic N) is 3. The van der Waals surface area contributed by atoms with Crippen LogP contribution in [0.15, 0.2) is 35.4 Å². The Kier molecular flexibility index (Phi) is 8.88. The highest BCUT2D eigenvalue weighted by Crippen LogP contribution is 2.46. The van der Waals surface area contributed by atoms with Gasteiger partial charge in [-0.05, 0) is 90.7 Å². The Labute approximate surface area is 251 Å². The van der Waals surface area contributed by atoms with Crippen LogP contribution in [0.5, 0.6) is 0 Å². The van der Waals surface area contributed by atoms with Crippen molar-refractivity contribution in [1.29, 1.82) is 0 Å². The maximum absolute atomic E-state index is 12.0. The van der Waals surface area contributed by atoms with Gasteiger partial charge in [0.2, 0.25) is 0 Å². The van der Waals surface area contributed by atoms with E-state index in [0.717, 1.165) is 62.3 Å². The predicted octanol–water partition coefficient (Wildman–Crippen LogP) is 8.17. The molecular formula is C31H41N5O3S2. The normalized spacial score (nSPS) is 23.0. The number of aryl methyl sites for hydroxylation is 1. The molecule has 3 fully saturated rings. The number of nitrogens with one attached hydrogen (secondary N) is 2. The van der Waals surface area contributed by atoms with E-state index >= 15 is 0 Å². The first-order chi connectivity index (χ1) is 19.9. The van der Waals surface area contributed by atoms with E-state index in [9.17, 15) is 4.79 Å². The highest BCUT2D eigenvalue weighted by Gasteiger charge is 2.28. The van der Waals surface area contributed by atoms with Crippen LogP contribution in [0, 0.1) is 6.92 Å². The summed E-state index contributed by atoms with van der Waals surface area (Å²) in [5.41, 5.74) is 3.43. The molecule has 10 heteroatoms. The standard InChI is InChI=1S/C31H41N5O3S2/c1-19(2)39-31(37)34-22-9-7-21(8-10-22)30-32-18-27(41-30)25-14-11-23(17-26(25)40-24-12-13-24)33-28-16-20(3)36(35-28)29-6-4-5-15-38-29/h11,14,16-19,21-22,24,29H,4-10,12-13,15H2,1-3H3,(H,33,35)(H,34,37)/t21-,22-,29?. The number of thiazole rings is 1. The van der Waals surface area contributed by atoms with Gasteiger partial charge in [-0.15, -0.1) is 23.1 Å². The molecule has 2 aromatic heterocycles. The average Bonchev–Trinajstić information content (AvgIpc) is 3.49. The van der Waals surface area contributed by atoms with Crippen LogP contribution in [0.2, 0.25) is 0 Å². The number of benzene rings is 1. The Balaban J connectivity index is 1.13. The zero-order valence-electron chi connectivity index (χ0n) is 24.2. The molecule has 1 unspecified atom stereocenters. The number of carbonyl (C=O) groups is 1. The van der Waals surface area contributed by atoms with Crippen molar-refractivity contribution in [2.75, 3.05) is 11.9 Å². The lowest BCUT2D eigenvalue weighted by Gasteiger charge is -2.28. The molecule has 3 aromatic rings. The monoisotopic (exact) mass is 595 g/mol. The van der Waals surface area contributed by atoms with Gasteiger partial charge in [0.25, 0.3) is 0 Å². The number of amides is 1. The number of hydrogen-bond donors (Lipinski definition) is 2. The van der Waals surface area contributed by atoms with Gasteiger partial charge in [0.1, 0.15) is 0 Å². The third-order valence-corrected chi connectivity index (χ3v) is 10.5. The molecule has 0 bridgehead atoms. The largest absolute Gasteiger partial charge is 0.447 e. The van der Waals surface area contributed by atoms with Crippen LogP contribution >= 0.6 is 23.1 Å². The van der Waals surface area contributed by atoms with Gasteiger partial charge in [-0.1, -0.05) is 6.07 Å². The highest BCUT2D eigenvalue weighted by atomic mass is 32.2. The zero-order chi connectivity index (χ0) is 28.3. The van der Waals surface area contributed by atoms with Crippen molar-refractivity contribution < 1.29 is 14.3 Å². The molecule has 1 atom stereocenters. The fourth-order valence-corrected chi connectivity index (χ4v) is 8.09.